The van der Waals surface area contributed by atoms with Gasteiger partial charge in [0.25, 0.3) is 0 Å². The van der Waals surface area contributed by atoms with Gasteiger partial charge in [-0.05, 0) is 16.7 Å². The largest absolute Gasteiger partial charge is 0.387 e. The summed E-state index contributed by atoms with van der Waals surface area (Å²) in [7, 11) is 0. The predicted molar refractivity (Wildman–Crippen MR) is 108 cm³/mol. The van der Waals surface area contributed by atoms with Gasteiger partial charge in [0.1, 0.15) is 23.9 Å². The first-order valence-electron chi connectivity index (χ1n) is 9.63. The van der Waals surface area contributed by atoms with E-state index in [1.165, 1.54) is 0 Å². The summed E-state index contributed by atoms with van der Waals surface area (Å²) in [6.45, 7) is -0.0199. The molecule has 5 heteroatoms. The van der Waals surface area contributed by atoms with Crippen LogP contribution in [0.4, 0.5) is 0 Å². The second kappa shape index (κ2) is 8.45. The number of hydrogen-bond donors (Lipinski definition) is 3. The average Bonchev–Trinajstić information content (AvgIpc) is 3.03. The number of benzene rings is 3. The topological polar surface area (TPSA) is 79.2 Å². The van der Waals surface area contributed by atoms with Crippen LogP contribution in [0.3, 0.4) is 0 Å². The highest BCUT2D eigenvalue weighted by atomic mass is 16.7. The molecule has 1 aliphatic heterocycles. The fraction of sp³-hybridized carbons (Fsp3) is 0.250. The quantitative estimate of drug-likeness (QED) is 0.562. The van der Waals surface area contributed by atoms with Crippen molar-refractivity contribution in [2.75, 3.05) is 6.61 Å². The summed E-state index contributed by atoms with van der Waals surface area (Å²) in [6.07, 6.45) is -4.87. The Balaban J connectivity index is 1.80. The molecule has 0 spiro atoms. The third-order valence-corrected chi connectivity index (χ3v) is 5.34. The zero-order valence-corrected chi connectivity index (χ0v) is 15.8. The Morgan fingerprint density at radius 1 is 0.655 bits per heavy atom. The fourth-order valence-electron chi connectivity index (χ4n) is 3.84. The molecule has 0 unspecified atom stereocenters. The molecular formula is C24H24O5. The van der Waals surface area contributed by atoms with Crippen LogP contribution in [0.1, 0.15) is 16.7 Å². The zero-order chi connectivity index (χ0) is 20.3. The van der Waals surface area contributed by atoms with Crippen LogP contribution < -0.4 is 0 Å². The average molecular weight is 392 g/mol. The van der Waals surface area contributed by atoms with Gasteiger partial charge in [-0.1, -0.05) is 91.0 Å². The molecule has 1 fully saturated rings. The monoisotopic (exact) mass is 392 g/mol. The summed E-state index contributed by atoms with van der Waals surface area (Å²) in [5.74, 6) is 0. The Labute approximate surface area is 169 Å². The molecule has 4 rings (SSSR count). The van der Waals surface area contributed by atoms with Crippen molar-refractivity contribution >= 4 is 0 Å². The maximum atomic E-state index is 10.2. The molecule has 0 aliphatic carbocycles. The smallest absolute Gasteiger partial charge is 0.184 e. The van der Waals surface area contributed by atoms with Crippen molar-refractivity contribution in [2.24, 2.45) is 0 Å². The highest BCUT2D eigenvalue weighted by Gasteiger charge is 2.44. The van der Waals surface area contributed by atoms with Crippen LogP contribution in [-0.4, -0.2) is 46.5 Å². The van der Waals surface area contributed by atoms with Crippen molar-refractivity contribution in [1.82, 2.24) is 0 Å². The van der Waals surface area contributed by atoms with Crippen molar-refractivity contribution in [3.8, 4) is 0 Å². The normalized spacial score (nSPS) is 24.5. The summed E-state index contributed by atoms with van der Waals surface area (Å²) >= 11 is 0. The highest BCUT2D eigenvalue weighted by molar-refractivity contribution is 5.47. The van der Waals surface area contributed by atoms with E-state index in [0.29, 0.717) is 0 Å². The number of rotatable bonds is 6. The Morgan fingerprint density at radius 3 is 1.41 bits per heavy atom. The lowest BCUT2D eigenvalue weighted by molar-refractivity contribution is -0.145. The fourth-order valence-corrected chi connectivity index (χ4v) is 3.84. The summed E-state index contributed by atoms with van der Waals surface area (Å²) in [5, 5.41) is 29.8. The van der Waals surface area contributed by atoms with Gasteiger partial charge in [-0.3, -0.25) is 0 Å². The van der Waals surface area contributed by atoms with E-state index < -0.39 is 30.2 Å². The molecule has 0 saturated carbocycles. The molecular weight excluding hydrogens is 368 g/mol. The van der Waals surface area contributed by atoms with E-state index in [0.717, 1.165) is 16.7 Å². The van der Waals surface area contributed by atoms with Crippen LogP contribution in [0.2, 0.25) is 0 Å². The number of hydrogen-bond acceptors (Lipinski definition) is 5. The van der Waals surface area contributed by atoms with Crippen LogP contribution in [0.5, 0.6) is 0 Å². The molecule has 29 heavy (non-hydrogen) atoms. The third kappa shape index (κ3) is 3.71. The van der Waals surface area contributed by atoms with Gasteiger partial charge in [0, 0.05) is 0 Å². The zero-order valence-electron chi connectivity index (χ0n) is 15.8. The molecule has 1 saturated heterocycles. The Kier molecular flexibility index (Phi) is 5.76. The van der Waals surface area contributed by atoms with Crippen LogP contribution >= 0.6 is 0 Å². The molecule has 1 heterocycles. The Hall–Kier alpha value is -2.54. The second-order valence-corrected chi connectivity index (χ2v) is 7.14. The first-order valence-corrected chi connectivity index (χ1v) is 9.63. The Morgan fingerprint density at radius 2 is 1.07 bits per heavy atom. The maximum Gasteiger partial charge on any atom is 0.184 e. The first-order chi connectivity index (χ1) is 14.1. The van der Waals surface area contributed by atoms with E-state index in [1.807, 2.05) is 91.0 Å². The van der Waals surface area contributed by atoms with Gasteiger partial charge in [0.2, 0.25) is 0 Å². The molecule has 0 aromatic heterocycles. The molecule has 150 valence electrons. The van der Waals surface area contributed by atoms with E-state index >= 15 is 0 Å². The van der Waals surface area contributed by atoms with E-state index in [4.69, 9.17) is 9.47 Å². The molecule has 4 atom stereocenters. The van der Waals surface area contributed by atoms with E-state index in [2.05, 4.69) is 0 Å². The summed E-state index contributed by atoms with van der Waals surface area (Å²) in [6, 6.07) is 29.5. The van der Waals surface area contributed by atoms with Gasteiger partial charge < -0.3 is 24.8 Å². The molecule has 3 N–H and O–H groups in total. The molecule has 5 nitrogen and oxygen atoms in total. The van der Waals surface area contributed by atoms with Gasteiger partial charge in [-0.2, -0.15) is 0 Å². The van der Waals surface area contributed by atoms with Gasteiger partial charge in [-0.15, -0.1) is 0 Å². The van der Waals surface area contributed by atoms with Gasteiger partial charge in [0.15, 0.2) is 6.29 Å². The minimum absolute atomic E-state index is 0.0199. The standard InChI is InChI=1S/C24H24O5/c25-21-20(29-23(27)22(21)26)16-28-24(17-10-4-1-5-11-17,18-12-6-2-7-13-18)19-14-8-3-9-15-19/h1-15,20-23,25-27H,16H2/t20-,21+,22-,23-/m1/s1. The van der Waals surface area contributed by atoms with Crippen LogP contribution in [0.25, 0.3) is 0 Å². The lowest BCUT2D eigenvalue weighted by Crippen LogP contribution is -2.39. The van der Waals surface area contributed by atoms with E-state index in [-0.39, 0.29) is 6.61 Å². The van der Waals surface area contributed by atoms with E-state index in [9.17, 15) is 15.3 Å². The van der Waals surface area contributed by atoms with Crippen molar-refractivity contribution in [3.63, 3.8) is 0 Å². The molecule has 0 radical (unpaired) electrons. The first kappa shape index (κ1) is 19.8. The minimum atomic E-state index is -1.43. The van der Waals surface area contributed by atoms with Gasteiger partial charge in [0.05, 0.1) is 6.61 Å². The molecule has 3 aromatic rings. The maximum absolute atomic E-state index is 10.2. The second-order valence-electron chi connectivity index (χ2n) is 7.14. The summed E-state index contributed by atoms with van der Waals surface area (Å²) < 4.78 is 11.9. The number of ether oxygens (including phenoxy) is 2. The van der Waals surface area contributed by atoms with Crippen LogP contribution in [-0.2, 0) is 15.1 Å². The number of aliphatic hydroxyl groups excluding tert-OH is 3. The number of aliphatic hydroxyl groups is 3. The summed E-state index contributed by atoms with van der Waals surface area (Å²) in [4.78, 5) is 0. The van der Waals surface area contributed by atoms with Crippen LogP contribution in [0, 0.1) is 0 Å². The van der Waals surface area contributed by atoms with Crippen LogP contribution in [0.15, 0.2) is 91.0 Å². The van der Waals surface area contributed by atoms with Crippen molar-refractivity contribution in [2.45, 2.75) is 30.2 Å². The van der Waals surface area contributed by atoms with E-state index in [1.54, 1.807) is 0 Å². The minimum Gasteiger partial charge on any atom is -0.387 e. The lowest BCUT2D eigenvalue weighted by Gasteiger charge is -2.37. The third-order valence-electron chi connectivity index (χ3n) is 5.34. The molecule has 3 aromatic carbocycles. The molecule has 0 amide bonds. The highest BCUT2D eigenvalue weighted by Crippen LogP contribution is 2.41. The lowest BCUT2D eigenvalue weighted by atomic mass is 9.80. The van der Waals surface area contributed by atoms with Gasteiger partial charge in [-0.25, -0.2) is 0 Å². The summed E-state index contributed by atoms with van der Waals surface area (Å²) in [5.41, 5.74) is 1.81. The van der Waals surface area contributed by atoms with Crippen molar-refractivity contribution in [1.29, 1.82) is 0 Å². The van der Waals surface area contributed by atoms with Gasteiger partial charge >= 0.3 is 0 Å². The van der Waals surface area contributed by atoms with Crippen molar-refractivity contribution < 1.29 is 24.8 Å². The SMILES string of the molecule is O[C@@H]1[C@@H](O)[C@@H](COC(c2ccccc2)(c2ccccc2)c2ccccc2)O[C@H]1O. The molecule has 0 bridgehead atoms. The molecule has 1 aliphatic rings. The Bertz CT molecular complexity index is 804. The van der Waals surface area contributed by atoms with Crippen molar-refractivity contribution in [3.05, 3.63) is 108 Å². The predicted octanol–water partition coefficient (Wildman–Crippen LogP) is 2.43.